The Kier molecular flexibility index (Phi) is 3.77. The fourth-order valence-corrected chi connectivity index (χ4v) is 0.243. The van der Waals surface area contributed by atoms with E-state index >= 15 is 0 Å². The van der Waals surface area contributed by atoms with Crippen molar-refractivity contribution < 1.29 is 4.84 Å². The van der Waals surface area contributed by atoms with Crippen LogP contribution in [0.4, 0.5) is 0 Å². The van der Waals surface area contributed by atoms with Crippen LogP contribution >= 0.6 is 0 Å². The van der Waals surface area contributed by atoms with Crippen molar-refractivity contribution >= 4 is 0 Å². The second kappa shape index (κ2) is 3.83. The molecule has 3 N–H and O–H groups in total. The standard InChI is InChI=1S/C5H14N2O/c1-4(2)7-8-5(3)6/h4-5,7H,6H2,1-3H3. The highest BCUT2D eigenvalue weighted by molar-refractivity contribution is 4.40. The molecule has 0 radical (unpaired) electrons. The fourth-order valence-electron chi connectivity index (χ4n) is 0.243. The molecule has 0 aromatic carbocycles. The van der Waals surface area contributed by atoms with Gasteiger partial charge in [0.2, 0.25) is 0 Å². The summed E-state index contributed by atoms with van der Waals surface area (Å²) in [4.78, 5) is 4.83. The Morgan fingerprint density at radius 2 is 1.88 bits per heavy atom. The molecule has 0 heterocycles. The Bertz CT molecular complexity index is 46.4. The van der Waals surface area contributed by atoms with Crippen molar-refractivity contribution in [3.63, 3.8) is 0 Å². The maximum atomic E-state index is 5.26. The van der Waals surface area contributed by atoms with E-state index in [2.05, 4.69) is 5.48 Å². The molecule has 0 aliphatic carbocycles. The van der Waals surface area contributed by atoms with E-state index in [9.17, 15) is 0 Å². The molecule has 0 rings (SSSR count). The van der Waals surface area contributed by atoms with Crippen LogP contribution in [0.25, 0.3) is 0 Å². The maximum Gasteiger partial charge on any atom is 0.124 e. The Hall–Kier alpha value is -0.120. The van der Waals surface area contributed by atoms with Gasteiger partial charge < -0.3 is 5.73 Å². The third-order valence-electron chi connectivity index (χ3n) is 0.490. The number of hydrogen-bond donors (Lipinski definition) is 2. The molecule has 0 aromatic heterocycles. The predicted octanol–water partition coefficient (Wildman–Crippen LogP) is 0.221. The normalized spacial score (nSPS) is 14.6. The molecule has 0 spiro atoms. The van der Waals surface area contributed by atoms with Crippen molar-refractivity contribution in [3.05, 3.63) is 0 Å². The molecule has 0 bridgehead atoms. The number of nitrogens with one attached hydrogen (secondary N) is 1. The van der Waals surface area contributed by atoms with E-state index in [1.54, 1.807) is 6.92 Å². The molecule has 1 unspecified atom stereocenters. The van der Waals surface area contributed by atoms with Crippen LogP contribution in [-0.4, -0.2) is 12.3 Å². The molecular weight excluding hydrogens is 104 g/mol. The van der Waals surface area contributed by atoms with Crippen molar-refractivity contribution in [1.82, 2.24) is 5.48 Å². The van der Waals surface area contributed by atoms with Gasteiger partial charge >= 0.3 is 0 Å². The lowest BCUT2D eigenvalue weighted by Gasteiger charge is -2.10. The molecule has 50 valence electrons. The van der Waals surface area contributed by atoms with Crippen molar-refractivity contribution in [2.75, 3.05) is 0 Å². The van der Waals surface area contributed by atoms with Gasteiger partial charge in [-0.15, -0.1) is 0 Å². The maximum absolute atomic E-state index is 5.26. The lowest BCUT2D eigenvalue weighted by Crippen LogP contribution is -2.32. The Morgan fingerprint density at radius 3 is 2.00 bits per heavy atom. The first kappa shape index (κ1) is 7.88. The molecule has 0 saturated heterocycles. The van der Waals surface area contributed by atoms with E-state index in [1.165, 1.54) is 0 Å². The van der Waals surface area contributed by atoms with Crippen LogP contribution in [-0.2, 0) is 4.84 Å². The van der Waals surface area contributed by atoms with Gasteiger partial charge in [-0.3, -0.25) is 4.84 Å². The van der Waals surface area contributed by atoms with Crippen LogP contribution in [0.3, 0.4) is 0 Å². The summed E-state index contributed by atoms with van der Waals surface area (Å²) in [6.45, 7) is 5.75. The first-order chi connectivity index (χ1) is 3.63. The molecule has 8 heavy (non-hydrogen) atoms. The summed E-state index contributed by atoms with van der Waals surface area (Å²) in [5, 5.41) is 0. The van der Waals surface area contributed by atoms with Gasteiger partial charge in [0.25, 0.3) is 0 Å². The molecular formula is C5H14N2O. The highest BCUT2D eigenvalue weighted by Crippen LogP contribution is 1.78. The van der Waals surface area contributed by atoms with Crippen molar-refractivity contribution in [1.29, 1.82) is 0 Å². The van der Waals surface area contributed by atoms with Gasteiger partial charge in [-0.05, 0) is 20.8 Å². The first-order valence-corrected chi connectivity index (χ1v) is 2.79. The topological polar surface area (TPSA) is 47.3 Å². The minimum atomic E-state index is -0.225. The third-order valence-corrected chi connectivity index (χ3v) is 0.490. The average Bonchev–Trinajstić information content (AvgIpc) is 1.61. The Balaban J connectivity index is 2.93. The van der Waals surface area contributed by atoms with Crippen molar-refractivity contribution in [3.8, 4) is 0 Å². The zero-order chi connectivity index (χ0) is 6.57. The van der Waals surface area contributed by atoms with Crippen LogP contribution < -0.4 is 11.2 Å². The van der Waals surface area contributed by atoms with Crippen LogP contribution in [0, 0.1) is 0 Å². The van der Waals surface area contributed by atoms with Gasteiger partial charge in [-0.2, -0.15) is 5.48 Å². The Labute approximate surface area is 50.2 Å². The van der Waals surface area contributed by atoms with Gasteiger partial charge in [0.15, 0.2) is 0 Å². The van der Waals surface area contributed by atoms with E-state index in [-0.39, 0.29) is 6.23 Å². The number of hydrogen-bond acceptors (Lipinski definition) is 3. The van der Waals surface area contributed by atoms with Crippen LogP contribution in [0.1, 0.15) is 20.8 Å². The Morgan fingerprint density at radius 1 is 1.38 bits per heavy atom. The highest BCUT2D eigenvalue weighted by Gasteiger charge is 1.93. The number of rotatable bonds is 3. The molecule has 0 saturated carbocycles. The molecule has 3 nitrogen and oxygen atoms in total. The van der Waals surface area contributed by atoms with Crippen molar-refractivity contribution in [2.24, 2.45) is 5.73 Å². The van der Waals surface area contributed by atoms with Gasteiger partial charge in [0, 0.05) is 6.04 Å². The van der Waals surface area contributed by atoms with Crippen LogP contribution in [0.2, 0.25) is 0 Å². The molecule has 0 aliphatic rings. The molecule has 0 fully saturated rings. The fraction of sp³-hybridized carbons (Fsp3) is 1.00. The van der Waals surface area contributed by atoms with Crippen LogP contribution in [0.5, 0.6) is 0 Å². The van der Waals surface area contributed by atoms with Gasteiger partial charge in [0.05, 0.1) is 0 Å². The molecule has 1 atom stereocenters. The van der Waals surface area contributed by atoms with E-state index in [0.717, 1.165) is 0 Å². The minimum absolute atomic E-state index is 0.225. The summed E-state index contributed by atoms with van der Waals surface area (Å²) in [6.07, 6.45) is -0.225. The quantitative estimate of drug-likeness (QED) is 0.411. The summed E-state index contributed by atoms with van der Waals surface area (Å²) in [7, 11) is 0. The summed E-state index contributed by atoms with van der Waals surface area (Å²) >= 11 is 0. The smallest absolute Gasteiger partial charge is 0.124 e. The zero-order valence-corrected chi connectivity index (χ0v) is 5.64. The van der Waals surface area contributed by atoms with E-state index in [1.807, 2.05) is 13.8 Å². The average molecular weight is 118 g/mol. The van der Waals surface area contributed by atoms with Crippen molar-refractivity contribution in [2.45, 2.75) is 33.0 Å². The number of hydroxylamine groups is 1. The summed E-state index contributed by atoms with van der Waals surface area (Å²) in [5.41, 5.74) is 7.98. The molecule has 0 aromatic rings. The highest BCUT2D eigenvalue weighted by atomic mass is 16.7. The van der Waals surface area contributed by atoms with Gasteiger partial charge in [-0.25, -0.2) is 0 Å². The van der Waals surface area contributed by atoms with Gasteiger partial charge in [0.1, 0.15) is 6.23 Å². The lowest BCUT2D eigenvalue weighted by atomic mass is 10.4. The predicted molar refractivity (Wildman–Crippen MR) is 33.0 cm³/mol. The second-order valence-corrected chi connectivity index (χ2v) is 2.10. The summed E-state index contributed by atoms with van der Waals surface area (Å²) < 4.78 is 0. The summed E-state index contributed by atoms with van der Waals surface area (Å²) in [5.74, 6) is 0. The summed E-state index contributed by atoms with van der Waals surface area (Å²) in [6, 6.07) is 0.334. The largest absolute Gasteiger partial charge is 0.305 e. The van der Waals surface area contributed by atoms with E-state index in [0.29, 0.717) is 6.04 Å². The molecule has 3 heteroatoms. The SMILES string of the molecule is CC(C)NOC(C)N. The second-order valence-electron chi connectivity index (χ2n) is 2.10. The zero-order valence-electron chi connectivity index (χ0n) is 5.64. The third kappa shape index (κ3) is 5.88. The van der Waals surface area contributed by atoms with Crippen LogP contribution in [0.15, 0.2) is 0 Å². The van der Waals surface area contributed by atoms with Gasteiger partial charge in [-0.1, -0.05) is 0 Å². The molecule has 0 aliphatic heterocycles. The lowest BCUT2D eigenvalue weighted by molar-refractivity contribution is -0.0253. The van der Waals surface area contributed by atoms with E-state index in [4.69, 9.17) is 10.6 Å². The minimum Gasteiger partial charge on any atom is -0.305 e. The van der Waals surface area contributed by atoms with E-state index < -0.39 is 0 Å². The molecule has 0 amide bonds. The number of nitrogens with two attached hydrogens (primary N) is 1. The first-order valence-electron chi connectivity index (χ1n) is 2.79. The monoisotopic (exact) mass is 118 g/mol.